The van der Waals surface area contributed by atoms with Crippen molar-refractivity contribution in [3.05, 3.63) is 29.8 Å². The molecule has 0 unspecified atom stereocenters. The van der Waals surface area contributed by atoms with Gasteiger partial charge in [0.25, 0.3) is 0 Å². The van der Waals surface area contributed by atoms with Crippen molar-refractivity contribution in [2.75, 3.05) is 13.1 Å². The molecule has 1 saturated heterocycles. The zero-order chi connectivity index (χ0) is 18.0. The van der Waals surface area contributed by atoms with E-state index in [0.717, 1.165) is 0 Å². The number of carbonyl (C=O) groups excluding carboxylic acids is 1. The number of carbonyl (C=O) groups is 1. The summed E-state index contributed by atoms with van der Waals surface area (Å²) in [6, 6.07) is 5.89. The van der Waals surface area contributed by atoms with Crippen molar-refractivity contribution in [2.45, 2.75) is 45.3 Å². The summed E-state index contributed by atoms with van der Waals surface area (Å²) >= 11 is 0. The van der Waals surface area contributed by atoms with Crippen molar-refractivity contribution < 1.29 is 27.4 Å². The molecule has 1 heterocycles. The van der Waals surface area contributed by atoms with Gasteiger partial charge in [0, 0.05) is 25.7 Å². The molecule has 24 heavy (non-hydrogen) atoms. The summed E-state index contributed by atoms with van der Waals surface area (Å²) in [5, 5.41) is 3.19. The number of amides is 1. The van der Waals surface area contributed by atoms with Gasteiger partial charge in [-0.3, -0.25) is 0 Å². The summed E-state index contributed by atoms with van der Waals surface area (Å²) in [4.78, 5) is 13.4. The molecule has 0 spiro atoms. The van der Waals surface area contributed by atoms with E-state index in [9.17, 15) is 18.0 Å². The fourth-order valence-electron chi connectivity index (χ4n) is 2.20. The highest BCUT2D eigenvalue weighted by atomic mass is 19.4. The number of nitrogens with one attached hydrogen (secondary N) is 1. The quantitative estimate of drug-likeness (QED) is 0.909. The Morgan fingerprint density at radius 2 is 1.96 bits per heavy atom. The Kier molecular flexibility index (Phi) is 5.27. The third kappa shape index (κ3) is 5.92. The van der Waals surface area contributed by atoms with E-state index in [0.29, 0.717) is 25.2 Å². The van der Waals surface area contributed by atoms with Crippen LogP contribution < -0.4 is 10.1 Å². The van der Waals surface area contributed by atoms with Crippen LogP contribution in [0, 0.1) is 0 Å². The first kappa shape index (κ1) is 18.4. The molecule has 0 saturated carbocycles. The molecule has 0 bridgehead atoms. The second-order valence-corrected chi connectivity index (χ2v) is 6.66. The zero-order valence-electron chi connectivity index (χ0n) is 13.8. The topological polar surface area (TPSA) is 50.8 Å². The summed E-state index contributed by atoms with van der Waals surface area (Å²) < 4.78 is 45.7. The number of nitrogens with zero attached hydrogens (tertiary/aromatic N) is 1. The third-order valence-corrected chi connectivity index (χ3v) is 3.26. The lowest BCUT2D eigenvalue weighted by atomic mass is 10.1. The molecule has 1 N–H and O–H groups in total. The minimum absolute atomic E-state index is 0.0877. The molecular weight excluding hydrogens is 325 g/mol. The lowest BCUT2D eigenvalue weighted by molar-refractivity contribution is -0.274. The van der Waals surface area contributed by atoms with Crippen LogP contribution in [0.4, 0.5) is 18.0 Å². The Hall–Kier alpha value is -1.96. The predicted octanol–water partition coefficient (Wildman–Crippen LogP) is 3.29. The Balaban J connectivity index is 1.76. The van der Waals surface area contributed by atoms with E-state index in [4.69, 9.17) is 4.74 Å². The number of hydrogen-bond donors (Lipinski definition) is 1. The summed E-state index contributed by atoms with van der Waals surface area (Å²) in [7, 11) is 0. The van der Waals surface area contributed by atoms with Gasteiger partial charge in [-0.2, -0.15) is 0 Å². The number of halogens is 3. The number of ether oxygens (including phenoxy) is 2. The van der Waals surface area contributed by atoms with Gasteiger partial charge in [-0.25, -0.2) is 4.79 Å². The van der Waals surface area contributed by atoms with Gasteiger partial charge in [-0.1, -0.05) is 12.1 Å². The van der Waals surface area contributed by atoms with Gasteiger partial charge >= 0.3 is 12.5 Å². The summed E-state index contributed by atoms with van der Waals surface area (Å²) in [6.45, 7) is 6.81. The molecule has 0 atom stereocenters. The molecule has 1 aliphatic rings. The van der Waals surface area contributed by atoms with Crippen LogP contribution in [0.3, 0.4) is 0 Å². The minimum Gasteiger partial charge on any atom is -0.444 e. The van der Waals surface area contributed by atoms with Crippen LogP contribution in [0.25, 0.3) is 0 Å². The molecular formula is C16H21F3N2O3. The Bertz CT molecular complexity index is 579. The van der Waals surface area contributed by atoms with Crippen molar-refractivity contribution in [1.29, 1.82) is 0 Å². The van der Waals surface area contributed by atoms with Crippen LogP contribution in [0.1, 0.15) is 26.3 Å². The highest BCUT2D eigenvalue weighted by Gasteiger charge is 2.33. The maximum Gasteiger partial charge on any atom is 0.573 e. The van der Waals surface area contributed by atoms with Gasteiger partial charge in [0.1, 0.15) is 11.4 Å². The van der Waals surface area contributed by atoms with Crippen molar-refractivity contribution in [3.63, 3.8) is 0 Å². The van der Waals surface area contributed by atoms with Gasteiger partial charge in [-0.15, -0.1) is 13.2 Å². The smallest absolute Gasteiger partial charge is 0.444 e. The van der Waals surface area contributed by atoms with Crippen molar-refractivity contribution >= 4 is 6.09 Å². The van der Waals surface area contributed by atoms with Crippen LogP contribution >= 0.6 is 0 Å². The van der Waals surface area contributed by atoms with E-state index in [1.54, 1.807) is 31.7 Å². The number of hydrogen-bond acceptors (Lipinski definition) is 4. The molecule has 1 fully saturated rings. The molecule has 0 aliphatic carbocycles. The van der Waals surface area contributed by atoms with Gasteiger partial charge in [0.2, 0.25) is 0 Å². The molecule has 0 radical (unpaired) electrons. The highest BCUT2D eigenvalue weighted by molar-refractivity contribution is 5.69. The van der Waals surface area contributed by atoms with Gasteiger partial charge in [0.15, 0.2) is 0 Å². The molecule has 0 aromatic heterocycles. The summed E-state index contributed by atoms with van der Waals surface area (Å²) in [5.41, 5.74) is 0.140. The molecule has 5 nitrogen and oxygen atoms in total. The first-order valence-corrected chi connectivity index (χ1v) is 7.58. The second-order valence-electron chi connectivity index (χ2n) is 6.66. The van der Waals surface area contributed by atoms with Crippen molar-refractivity contribution in [3.8, 4) is 5.75 Å². The van der Waals surface area contributed by atoms with Crippen LogP contribution in [-0.4, -0.2) is 42.1 Å². The van der Waals surface area contributed by atoms with Gasteiger partial charge in [0.05, 0.1) is 0 Å². The highest BCUT2D eigenvalue weighted by Crippen LogP contribution is 2.23. The van der Waals surface area contributed by atoms with Crippen LogP contribution in [-0.2, 0) is 11.3 Å². The van der Waals surface area contributed by atoms with Gasteiger partial charge in [-0.05, 0) is 38.5 Å². The van der Waals surface area contributed by atoms with E-state index in [1.807, 2.05) is 0 Å². The largest absolute Gasteiger partial charge is 0.573 e. The second kappa shape index (κ2) is 6.88. The van der Waals surface area contributed by atoms with Crippen LogP contribution in [0.5, 0.6) is 5.75 Å². The molecule has 2 rings (SSSR count). The fourth-order valence-corrected chi connectivity index (χ4v) is 2.20. The number of rotatable bonds is 4. The maximum atomic E-state index is 12.2. The first-order valence-electron chi connectivity index (χ1n) is 7.58. The van der Waals surface area contributed by atoms with E-state index < -0.39 is 12.0 Å². The monoisotopic (exact) mass is 346 g/mol. The molecule has 1 aromatic carbocycles. The average molecular weight is 346 g/mol. The zero-order valence-corrected chi connectivity index (χ0v) is 13.8. The third-order valence-electron chi connectivity index (χ3n) is 3.26. The Morgan fingerprint density at radius 1 is 1.29 bits per heavy atom. The standard InChI is InChI=1S/C16H21F3N2O3/c1-15(2,3)24-14(22)21-9-12(10-21)20-8-11-5-4-6-13(7-11)23-16(17,18)19/h4-7,12,20H,8-10H2,1-3H3. The molecule has 1 aliphatic heterocycles. The normalized spacial score (nSPS) is 15.8. The van der Waals surface area contributed by atoms with Gasteiger partial charge < -0.3 is 19.7 Å². The summed E-state index contributed by atoms with van der Waals surface area (Å²) in [6.07, 6.45) is -5.06. The number of likely N-dealkylation sites (tertiary alicyclic amines) is 1. The fraction of sp³-hybridized carbons (Fsp3) is 0.562. The van der Waals surface area contributed by atoms with E-state index >= 15 is 0 Å². The Morgan fingerprint density at radius 3 is 2.54 bits per heavy atom. The number of alkyl halides is 3. The minimum atomic E-state index is -4.70. The van der Waals surface area contributed by atoms with Crippen LogP contribution in [0.2, 0.25) is 0 Å². The molecule has 1 aromatic rings. The SMILES string of the molecule is CC(C)(C)OC(=O)N1CC(NCc2cccc(OC(F)(F)F)c2)C1. The molecule has 134 valence electrons. The van der Waals surface area contributed by atoms with Crippen LogP contribution in [0.15, 0.2) is 24.3 Å². The van der Waals surface area contributed by atoms with E-state index in [1.165, 1.54) is 18.2 Å². The molecule has 1 amide bonds. The van der Waals surface area contributed by atoms with E-state index in [2.05, 4.69) is 10.1 Å². The maximum absolute atomic E-state index is 12.2. The van der Waals surface area contributed by atoms with Crippen molar-refractivity contribution in [1.82, 2.24) is 10.2 Å². The first-order chi connectivity index (χ1) is 11.0. The van der Waals surface area contributed by atoms with E-state index in [-0.39, 0.29) is 17.9 Å². The lowest BCUT2D eigenvalue weighted by Crippen LogP contribution is -2.60. The Labute approximate surface area is 138 Å². The number of benzene rings is 1. The summed E-state index contributed by atoms with van der Waals surface area (Å²) in [5.74, 6) is -0.245. The predicted molar refractivity (Wildman–Crippen MR) is 81.6 cm³/mol. The average Bonchev–Trinajstić information content (AvgIpc) is 2.32. The van der Waals surface area contributed by atoms with Crippen molar-refractivity contribution in [2.24, 2.45) is 0 Å². The molecule has 8 heteroatoms. The lowest BCUT2D eigenvalue weighted by Gasteiger charge is -2.40.